The summed E-state index contributed by atoms with van der Waals surface area (Å²) in [5.74, 6) is 1.39. The van der Waals surface area contributed by atoms with Gasteiger partial charge >= 0.3 is 0 Å². The average Bonchev–Trinajstić information content (AvgIpc) is 3.37. The number of aryl methyl sites for hydroxylation is 2. The van der Waals surface area contributed by atoms with Gasteiger partial charge in [-0.3, -0.25) is 4.79 Å². The smallest absolute Gasteiger partial charge is 0.191 e. The molecule has 0 radical (unpaired) electrons. The summed E-state index contributed by atoms with van der Waals surface area (Å²) in [4.78, 5) is 13.0. The predicted molar refractivity (Wildman–Crippen MR) is 117 cm³/mol. The van der Waals surface area contributed by atoms with Gasteiger partial charge in [0.05, 0.1) is 5.75 Å². The van der Waals surface area contributed by atoms with Crippen molar-refractivity contribution in [3.05, 3.63) is 58.4 Å². The maximum Gasteiger partial charge on any atom is 0.191 e. The number of carbonyl (C=O) groups is 1. The highest BCUT2D eigenvalue weighted by molar-refractivity contribution is 7.99. The van der Waals surface area contributed by atoms with Crippen molar-refractivity contribution < 1.29 is 9.18 Å². The van der Waals surface area contributed by atoms with E-state index in [2.05, 4.69) is 28.6 Å². The van der Waals surface area contributed by atoms with E-state index in [-0.39, 0.29) is 11.6 Å². The van der Waals surface area contributed by atoms with Crippen molar-refractivity contribution in [2.75, 3.05) is 5.75 Å². The minimum Gasteiger partial charge on any atom is -0.318 e. The molecule has 2 heterocycles. The third kappa shape index (κ3) is 3.83. The van der Waals surface area contributed by atoms with Crippen molar-refractivity contribution in [2.24, 2.45) is 0 Å². The van der Waals surface area contributed by atoms with Gasteiger partial charge in [0.15, 0.2) is 10.9 Å². The van der Waals surface area contributed by atoms with E-state index >= 15 is 0 Å². The fourth-order valence-electron chi connectivity index (χ4n) is 3.83. The zero-order valence-corrected chi connectivity index (χ0v) is 18.9. The molecule has 0 saturated heterocycles. The molecule has 1 fully saturated rings. The van der Waals surface area contributed by atoms with Gasteiger partial charge in [0, 0.05) is 34.6 Å². The van der Waals surface area contributed by atoms with E-state index in [1.165, 1.54) is 17.8 Å². The zero-order valence-electron chi connectivity index (χ0n) is 18.1. The minimum absolute atomic E-state index is 0.0448. The van der Waals surface area contributed by atoms with Gasteiger partial charge in [0.25, 0.3) is 0 Å². The van der Waals surface area contributed by atoms with Crippen LogP contribution < -0.4 is 0 Å². The molecule has 0 amide bonds. The lowest BCUT2D eigenvalue weighted by atomic mass is 10.2. The van der Waals surface area contributed by atoms with Crippen LogP contribution in [0.15, 0.2) is 29.4 Å². The third-order valence-electron chi connectivity index (χ3n) is 5.60. The summed E-state index contributed by atoms with van der Waals surface area (Å²) in [5.41, 5.74) is 3.74. The molecule has 1 aliphatic rings. The SMILES string of the molecule is Cc1ccc(-n2c(C)cc(C(=O)CSc3nnc(C(C)C)n3C3CC3)c2C)cc1F. The first-order chi connectivity index (χ1) is 14.3. The second-order valence-electron chi connectivity index (χ2n) is 8.36. The van der Waals surface area contributed by atoms with Crippen LogP contribution in [0.4, 0.5) is 4.39 Å². The van der Waals surface area contributed by atoms with Crippen molar-refractivity contribution in [3.63, 3.8) is 0 Å². The first kappa shape index (κ1) is 20.8. The first-order valence-corrected chi connectivity index (χ1v) is 11.3. The monoisotopic (exact) mass is 426 g/mol. The number of nitrogens with zero attached hydrogens (tertiary/aromatic N) is 4. The Morgan fingerprint density at radius 3 is 2.57 bits per heavy atom. The van der Waals surface area contributed by atoms with E-state index in [1.807, 2.05) is 30.5 Å². The third-order valence-corrected chi connectivity index (χ3v) is 6.54. The van der Waals surface area contributed by atoms with Crippen LogP contribution in [0.5, 0.6) is 0 Å². The number of thioether (sulfide) groups is 1. The van der Waals surface area contributed by atoms with Crippen molar-refractivity contribution >= 4 is 17.5 Å². The lowest BCUT2D eigenvalue weighted by Crippen LogP contribution is -2.08. The van der Waals surface area contributed by atoms with Crippen molar-refractivity contribution in [1.29, 1.82) is 0 Å². The van der Waals surface area contributed by atoms with Crippen LogP contribution in [-0.2, 0) is 0 Å². The lowest BCUT2D eigenvalue weighted by molar-refractivity contribution is 0.102. The number of Topliss-reactive ketones (excluding diaryl/α,β-unsaturated/α-hetero) is 1. The number of hydrogen-bond acceptors (Lipinski definition) is 4. The number of ketones is 1. The topological polar surface area (TPSA) is 52.7 Å². The second kappa shape index (κ2) is 8.02. The van der Waals surface area contributed by atoms with Crippen LogP contribution in [0, 0.1) is 26.6 Å². The summed E-state index contributed by atoms with van der Waals surface area (Å²) in [6.07, 6.45) is 2.29. The van der Waals surface area contributed by atoms with E-state index in [0.29, 0.717) is 28.8 Å². The summed E-state index contributed by atoms with van der Waals surface area (Å²) >= 11 is 1.45. The number of benzene rings is 1. The minimum atomic E-state index is -0.246. The Morgan fingerprint density at radius 2 is 1.93 bits per heavy atom. The van der Waals surface area contributed by atoms with Gasteiger partial charge in [0.1, 0.15) is 11.6 Å². The molecule has 0 unspecified atom stereocenters. The predicted octanol–water partition coefficient (Wildman–Crippen LogP) is 5.57. The highest BCUT2D eigenvalue weighted by Gasteiger charge is 2.30. The average molecular weight is 427 g/mol. The molecule has 1 aromatic carbocycles. The number of hydrogen-bond donors (Lipinski definition) is 0. The Morgan fingerprint density at radius 1 is 1.20 bits per heavy atom. The van der Waals surface area contributed by atoms with Gasteiger partial charge < -0.3 is 9.13 Å². The number of carbonyl (C=O) groups excluding carboxylic acids is 1. The van der Waals surface area contributed by atoms with Crippen LogP contribution in [0.2, 0.25) is 0 Å². The zero-order chi connectivity index (χ0) is 21.6. The molecule has 4 rings (SSSR count). The summed E-state index contributed by atoms with van der Waals surface area (Å²) in [5, 5.41) is 9.53. The molecule has 1 aliphatic carbocycles. The van der Waals surface area contributed by atoms with Gasteiger partial charge in [0.2, 0.25) is 0 Å². The maximum atomic E-state index is 14.1. The fraction of sp³-hybridized carbons (Fsp3) is 0.435. The van der Waals surface area contributed by atoms with Crippen LogP contribution in [0.1, 0.15) is 71.8 Å². The highest BCUT2D eigenvalue weighted by Crippen LogP contribution is 2.40. The molecule has 0 atom stereocenters. The molecule has 2 aromatic heterocycles. The van der Waals surface area contributed by atoms with Crippen molar-refractivity contribution in [3.8, 4) is 5.69 Å². The van der Waals surface area contributed by atoms with Gasteiger partial charge in [-0.25, -0.2) is 4.39 Å². The fourth-order valence-corrected chi connectivity index (χ4v) is 4.72. The normalized spacial score (nSPS) is 14.0. The Hall–Kier alpha value is -2.41. The second-order valence-corrected chi connectivity index (χ2v) is 9.30. The number of halogens is 1. The van der Waals surface area contributed by atoms with Crippen molar-refractivity contribution in [2.45, 2.75) is 64.6 Å². The Kier molecular flexibility index (Phi) is 5.57. The largest absolute Gasteiger partial charge is 0.318 e. The van der Waals surface area contributed by atoms with E-state index in [1.54, 1.807) is 13.0 Å². The van der Waals surface area contributed by atoms with Crippen LogP contribution in [-0.4, -0.2) is 30.9 Å². The van der Waals surface area contributed by atoms with Crippen LogP contribution >= 0.6 is 11.8 Å². The molecule has 0 N–H and O–H groups in total. The van der Waals surface area contributed by atoms with Crippen molar-refractivity contribution in [1.82, 2.24) is 19.3 Å². The summed E-state index contributed by atoms with van der Waals surface area (Å²) in [7, 11) is 0. The summed E-state index contributed by atoms with van der Waals surface area (Å²) < 4.78 is 18.2. The molecular formula is C23H27FN4OS. The maximum absolute atomic E-state index is 14.1. The Balaban J connectivity index is 1.56. The molecule has 3 aromatic rings. The summed E-state index contributed by atoms with van der Waals surface area (Å²) in [6.45, 7) is 9.82. The first-order valence-electron chi connectivity index (χ1n) is 10.3. The molecule has 5 nitrogen and oxygen atoms in total. The van der Waals surface area contributed by atoms with Crippen LogP contribution in [0.3, 0.4) is 0 Å². The highest BCUT2D eigenvalue weighted by atomic mass is 32.2. The van der Waals surface area contributed by atoms with Gasteiger partial charge in [-0.15, -0.1) is 10.2 Å². The van der Waals surface area contributed by atoms with Gasteiger partial charge in [-0.1, -0.05) is 31.7 Å². The Labute approximate surface area is 180 Å². The van der Waals surface area contributed by atoms with E-state index < -0.39 is 0 Å². The van der Waals surface area contributed by atoms with Gasteiger partial charge in [-0.2, -0.15) is 0 Å². The van der Waals surface area contributed by atoms with E-state index in [0.717, 1.165) is 40.9 Å². The molecule has 30 heavy (non-hydrogen) atoms. The number of rotatable bonds is 7. The van der Waals surface area contributed by atoms with Crippen LogP contribution in [0.25, 0.3) is 5.69 Å². The quantitative estimate of drug-likeness (QED) is 0.366. The van der Waals surface area contributed by atoms with E-state index in [4.69, 9.17) is 0 Å². The van der Waals surface area contributed by atoms with E-state index in [9.17, 15) is 9.18 Å². The molecule has 158 valence electrons. The molecule has 0 spiro atoms. The lowest BCUT2D eigenvalue weighted by Gasteiger charge is -2.11. The number of aromatic nitrogens is 4. The van der Waals surface area contributed by atoms with Gasteiger partial charge in [-0.05, 0) is 57.4 Å². The molecular weight excluding hydrogens is 399 g/mol. The Bertz CT molecular complexity index is 1110. The standard InChI is InChI=1S/C23H27FN4OS/c1-13(2)22-25-26-23(28(22)17-8-9-17)30-12-21(29)19-10-15(4)27(16(19)5)18-7-6-14(3)20(24)11-18/h6-7,10-11,13,17H,8-9,12H2,1-5H3. The summed E-state index contributed by atoms with van der Waals surface area (Å²) in [6, 6.07) is 7.52. The molecule has 7 heteroatoms. The molecule has 0 bridgehead atoms. The molecule has 1 saturated carbocycles. The molecule has 0 aliphatic heterocycles.